The summed E-state index contributed by atoms with van der Waals surface area (Å²) >= 11 is 0. The SMILES string of the molecule is CC[C@@H]1CN[C@H]2[C@@H]3OC(C)(C)O[C@@H]3O[C@@H]12. The minimum Gasteiger partial charge on any atom is -0.344 e. The third-order valence-electron chi connectivity index (χ3n) is 3.69. The zero-order chi connectivity index (χ0) is 10.6. The van der Waals surface area contributed by atoms with Crippen molar-refractivity contribution in [2.24, 2.45) is 5.92 Å². The standard InChI is InChI=1S/C11H19NO3/c1-4-6-5-12-7-8(6)13-10-9(7)14-11(2,3)15-10/h6-10,12H,4-5H2,1-3H3/t6-,7-,8+,9+,10+/m1/s1. The summed E-state index contributed by atoms with van der Waals surface area (Å²) in [6.07, 6.45) is 1.33. The predicted molar refractivity (Wildman–Crippen MR) is 54.3 cm³/mol. The Hall–Kier alpha value is -0.160. The highest BCUT2D eigenvalue weighted by molar-refractivity contribution is 5.04. The third kappa shape index (κ3) is 1.43. The van der Waals surface area contributed by atoms with E-state index < -0.39 is 5.79 Å². The fourth-order valence-electron chi connectivity index (χ4n) is 2.95. The number of nitrogens with one attached hydrogen (secondary N) is 1. The molecule has 5 atom stereocenters. The first-order chi connectivity index (χ1) is 7.11. The molecule has 0 radical (unpaired) electrons. The first-order valence-corrected chi connectivity index (χ1v) is 5.85. The second-order valence-electron chi connectivity index (χ2n) is 5.17. The van der Waals surface area contributed by atoms with Crippen molar-refractivity contribution in [3.8, 4) is 0 Å². The van der Waals surface area contributed by atoms with Crippen LogP contribution in [-0.4, -0.2) is 36.9 Å². The Balaban J connectivity index is 1.76. The molecule has 0 aliphatic carbocycles. The monoisotopic (exact) mass is 213 g/mol. The van der Waals surface area contributed by atoms with Crippen LogP contribution in [0.25, 0.3) is 0 Å². The first kappa shape index (κ1) is 10.0. The third-order valence-corrected chi connectivity index (χ3v) is 3.69. The number of hydrogen-bond donors (Lipinski definition) is 1. The summed E-state index contributed by atoms with van der Waals surface area (Å²) in [4.78, 5) is 0. The summed E-state index contributed by atoms with van der Waals surface area (Å²) in [6.45, 7) is 7.13. The van der Waals surface area contributed by atoms with Crippen LogP contribution in [0.4, 0.5) is 0 Å². The Morgan fingerprint density at radius 1 is 1.27 bits per heavy atom. The minimum absolute atomic E-state index is 0.0709. The van der Waals surface area contributed by atoms with E-state index in [1.165, 1.54) is 0 Å². The van der Waals surface area contributed by atoms with Crippen LogP contribution in [0.3, 0.4) is 0 Å². The van der Waals surface area contributed by atoms with Gasteiger partial charge < -0.3 is 19.5 Å². The van der Waals surface area contributed by atoms with Crippen molar-refractivity contribution in [2.75, 3.05) is 6.54 Å². The Kier molecular flexibility index (Phi) is 2.12. The fraction of sp³-hybridized carbons (Fsp3) is 1.00. The molecule has 0 spiro atoms. The molecule has 1 N–H and O–H groups in total. The number of hydrogen-bond acceptors (Lipinski definition) is 4. The molecule has 15 heavy (non-hydrogen) atoms. The van der Waals surface area contributed by atoms with Crippen LogP contribution in [0.2, 0.25) is 0 Å². The quantitative estimate of drug-likeness (QED) is 0.701. The van der Waals surface area contributed by atoms with Gasteiger partial charge in [0.1, 0.15) is 6.10 Å². The molecule has 0 bridgehead atoms. The van der Waals surface area contributed by atoms with E-state index in [0.717, 1.165) is 13.0 Å². The van der Waals surface area contributed by atoms with Crippen molar-refractivity contribution in [2.45, 2.75) is 57.5 Å². The zero-order valence-corrected chi connectivity index (χ0v) is 9.53. The van der Waals surface area contributed by atoms with E-state index in [2.05, 4.69) is 12.2 Å². The molecule has 0 aromatic rings. The van der Waals surface area contributed by atoms with Gasteiger partial charge in [-0.25, -0.2) is 0 Å². The van der Waals surface area contributed by atoms with Gasteiger partial charge in [0, 0.05) is 6.54 Å². The molecule has 0 amide bonds. The van der Waals surface area contributed by atoms with Crippen LogP contribution in [0, 0.1) is 5.92 Å². The lowest BCUT2D eigenvalue weighted by Crippen LogP contribution is -2.39. The van der Waals surface area contributed by atoms with Crippen molar-refractivity contribution < 1.29 is 14.2 Å². The molecule has 0 unspecified atom stereocenters. The van der Waals surface area contributed by atoms with Crippen molar-refractivity contribution in [3.05, 3.63) is 0 Å². The number of rotatable bonds is 1. The molecule has 0 saturated carbocycles. The molecule has 3 aliphatic heterocycles. The van der Waals surface area contributed by atoms with E-state index >= 15 is 0 Å². The summed E-state index contributed by atoms with van der Waals surface area (Å²) in [5.41, 5.74) is 0. The van der Waals surface area contributed by atoms with Crippen LogP contribution in [-0.2, 0) is 14.2 Å². The van der Waals surface area contributed by atoms with Gasteiger partial charge in [-0.05, 0) is 26.2 Å². The maximum atomic E-state index is 5.94. The molecule has 3 saturated heterocycles. The predicted octanol–water partition coefficient (Wildman–Crippen LogP) is 0.861. The van der Waals surface area contributed by atoms with E-state index in [1.807, 2.05) is 13.8 Å². The maximum Gasteiger partial charge on any atom is 0.189 e. The van der Waals surface area contributed by atoms with Crippen LogP contribution in [0.1, 0.15) is 27.2 Å². The van der Waals surface area contributed by atoms with E-state index in [-0.39, 0.29) is 18.5 Å². The fourth-order valence-corrected chi connectivity index (χ4v) is 2.95. The van der Waals surface area contributed by atoms with Crippen LogP contribution in [0.15, 0.2) is 0 Å². The second-order valence-corrected chi connectivity index (χ2v) is 5.17. The van der Waals surface area contributed by atoms with Gasteiger partial charge in [-0.3, -0.25) is 0 Å². The molecule has 3 aliphatic rings. The minimum atomic E-state index is -0.494. The van der Waals surface area contributed by atoms with Crippen LogP contribution in [0.5, 0.6) is 0 Å². The molecule has 4 heteroatoms. The van der Waals surface area contributed by atoms with Gasteiger partial charge >= 0.3 is 0 Å². The van der Waals surface area contributed by atoms with E-state index in [0.29, 0.717) is 12.0 Å². The average Bonchev–Trinajstić information content (AvgIpc) is 2.73. The van der Waals surface area contributed by atoms with Gasteiger partial charge in [-0.1, -0.05) is 6.92 Å². The van der Waals surface area contributed by atoms with Gasteiger partial charge in [0.25, 0.3) is 0 Å². The lowest BCUT2D eigenvalue weighted by Gasteiger charge is -2.23. The Morgan fingerprint density at radius 2 is 2.07 bits per heavy atom. The van der Waals surface area contributed by atoms with E-state index in [9.17, 15) is 0 Å². The Labute approximate surface area is 90.3 Å². The molecule has 3 fully saturated rings. The van der Waals surface area contributed by atoms with Crippen molar-refractivity contribution >= 4 is 0 Å². The Bertz CT molecular complexity index is 269. The topological polar surface area (TPSA) is 39.7 Å². The van der Waals surface area contributed by atoms with E-state index in [4.69, 9.17) is 14.2 Å². The van der Waals surface area contributed by atoms with Crippen molar-refractivity contribution in [1.29, 1.82) is 0 Å². The summed E-state index contributed by atoms with van der Waals surface area (Å²) < 4.78 is 17.5. The highest BCUT2D eigenvalue weighted by Crippen LogP contribution is 2.41. The van der Waals surface area contributed by atoms with Gasteiger partial charge in [0.15, 0.2) is 12.1 Å². The average molecular weight is 213 g/mol. The van der Waals surface area contributed by atoms with Crippen molar-refractivity contribution in [1.82, 2.24) is 5.32 Å². The molecule has 4 nitrogen and oxygen atoms in total. The van der Waals surface area contributed by atoms with Crippen LogP contribution < -0.4 is 5.32 Å². The molecule has 86 valence electrons. The van der Waals surface area contributed by atoms with Crippen LogP contribution >= 0.6 is 0 Å². The molecule has 3 rings (SSSR count). The van der Waals surface area contributed by atoms with Gasteiger partial charge in [-0.2, -0.15) is 0 Å². The van der Waals surface area contributed by atoms with E-state index in [1.54, 1.807) is 0 Å². The molecular formula is C11H19NO3. The smallest absolute Gasteiger partial charge is 0.189 e. The normalized spacial score (nSPS) is 51.8. The lowest BCUT2D eigenvalue weighted by atomic mass is 9.98. The summed E-state index contributed by atoms with van der Waals surface area (Å²) in [5.74, 6) is 0.114. The highest BCUT2D eigenvalue weighted by Gasteiger charge is 2.58. The highest BCUT2D eigenvalue weighted by atomic mass is 16.8. The summed E-state index contributed by atoms with van der Waals surface area (Å²) in [7, 11) is 0. The number of fused-ring (bicyclic) bond motifs is 3. The van der Waals surface area contributed by atoms with Gasteiger partial charge in [0.2, 0.25) is 0 Å². The number of ether oxygens (including phenoxy) is 3. The van der Waals surface area contributed by atoms with Crippen molar-refractivity contribution in [3.63, 3.8) is 0 Å². The molecule has 0 aromatic carbocycles. The first-order valence-electron chi connectivity index (χ1n) is 5.85. The zero-order valence-electron chi connectivity index (χ0n) is 9.53. The maximum absolute atomic E-state index is 5.94. The Morgan fingerprint density at radius 3 is 2.80 bits per heavy atom. The second kappa shape index (κ2) is 3.17. The largest absolute Gasteiger partial charge is 0.344 e. The molecule has 3 heterocycles. The lowest BCUT2D eigenvalue weighted by molar-refractivity contribution is -0.208. The summed E-state index contributed by atoms with van der Waals surface area (Å²) in [6, 6.07) is 0.321. The van der Waals surface area contributed by atoms with Gasteiger partial charge in [0.05, 0.1) is 12.1 Å². The summed E-state index contributed by atoms with van der Waals surface area (Å²) in [5, 5.41) is 3.50. The molecular weight excluding hydrogens is 194 g/mol. The molecule has 0 aromatic heterocycles. The van der Waals surface area contributed by atoms with Gasteiger partial charge in [-0.15, -0.1) is 0 Å².